The number of benzene rings is 2. The van der Waals surface area contributed by atoms with Gasteiger partial charge in [0.15, 0.2) is 0 Å². The lowest BCUT2D eigenvalue weighted by molar-refractivity contribution is -0.117. The standard InChI is InChI=1S/C22H28N2O3S/c1-16-7-11-19(12-8-16)28(26,27)24-13-5-6-17-9-10-18(14-20(17)24)23-21(25)15-22(2,3)4/h7-12,14H,5-6,13,15H2,1-4H3,(H,23,25). The molecule has 5 nitrogen and oxygen atoms in total. The summed E-state index contributed by atoms with van der Waals surface area (Å²) in [6.07, 6.45) is 1.99. The van der Waals surface area contributed by atoms with Gasteiger partial charge in [-0.15, -0.1) is 0 Å². The topological polar surface area (TPSA) is 66.5 Å². The van der Waals surface area contributed by atoms with Gasteiger partial charge in [0, 0.05) is 18.7 Å². The number of nitrogens with zero attached hydrogens (tertiary/aromatic N) is 1. The molecule has 1 amide bonds. The normalized spacial score (nSPS) is 14.5. The number of aryl methyl sites for hydroxylation is 2. The first-order chi connectivity index (χ1) is 13.1. The number of sulfonamides is 1. The summed E-state index contributed by atoms with van der Waals surface area (Å²) in [6, 6.07) is 12.4. The molecule has 0 bridgehead atoms. The van der Waals surface area contributed by atoms with E-state index in [1.54, 1.807) is 30.3 Å². The van der Waals surface area contributed by atoms with E-state index in [-0.39, 0.29) is 16.2 Å². The molecular formula is C22H28N2O3S. The van der Waals surface area contributed by atoms with Crippen LogP contribution in [-0.2, 0) is 21.2 Å². The molecule has 0 unspecified atom stereocenters. The van der Waals surface area contributed by atoms with Gasteiger partial charge in [-0.1, -0.05) is 44.5 Å². The maximum Gasteiger partial charge on any atom is 0.264 e. The Bertz CT molecular complexity index is 974. The molecule has 0 saturated carbocycles. The van der Waals surface area contributed by atoms with Gasteiger partial charge in [-0.25, -0.2) is 8.42 Å². The monoisotopic (exact) mass is 400 g/mol. The number of amides is 1. The Morgan fingerprint density at radius 2 is 1.79 bits per heavy atom. The minimum Gasteiger partial charge on any atom is -0.326 e. The second-order valence-electron chi connectivity index (χ2n) is 8.62. The summed E-state index contributed by atoms with van der Waals surface area (Å²) >= 11 is 0. The Kier molecular flexibility index (Phi) is 5.53. The minimum atomic E-state index is -3.65. The molecule has 28 heavy (non-hydrogen) atoms. The quantitative estimate of drug-likeness (QED) is 0.821. The van der Waals surface area contributed by atoms with Crippen molar-refractivity contribution in [3.8, 4) is 0 Å². The zero-order chi connectivity index (χ0) is 20.5. The van der Waals surface area contributed by atoms with Crippen LogP contribution in [0.3, 0.4) is 0 Å². The van der Waals surface area contributed by atoms with Gasteiger partial charge in [-0.05, 0) is 55.0 Å². The van der Waals surface area contributed by atoms with Crippen LogP contribution in [0.5, 0.6) is 0 Å². The second-order valence-corrected chi connectivity index (χ2v) is 10.5. The van der Waals surface area contributed by atoms with Crippen LogP contribution in [0.4, 0.5) is 11.4 Å². The molecule has 2 aromatic carbocycles. The third-order valence-electron chi connectivity index (χ3n) is 4.74. The molecule has 0 atom stereocenters. The van der Waals surface area contributed by atoms with Crippen molar-refractivity contribution < 1.29 is 13.2 Å². The second kappa shape index (κ2) is 7.59. The van der Waals surface area contributed by atoms with Crippen molar-refractivity contribution >= 4 is 27.3 Å². The smallest absolute Gasteiger partial charge is 0.264 e. The summed E-state index contributed by atoms with van der Waals surface area (Å²) < 4.78 is 27.9. The fourth-order valence-corrected chi connectivity index (χ4v) is 4.93. The van der Waals surface area contributed by atoms with Crippen LogP contribution < -0.4 is 9.62 Å². The first kappa shape index (κ1) is 20.4. The van der Waals surface area contributed by atoms with Crippen molar-refractivity contribution in [3.05, 3.63) is 53.6 Å². The van der Waals surface area contributed by atoms with E-state index >= 15 is 0 Å². The highest BCUT2D eigenvalue weighted by molar-refractivity contribution is 7.92. The molecule has 1 aliphatic rings. The Morgan fingerprint density at radius 1 is 1.11 bits per heavy atom. The SMILES string of the molecule is Cc1ccc(S(=O)(=O)N2CCCc3ccc(NC(=O)CC(C)(C)C)cc32)cc1. The van der Waals surface area contributed by atoms with E-state index in [1.165, 1.54) is 4.31 Å². The van der Waals surface area contributed by atoms with Crippen LogP contribution in [-0.4, -0.2) is 20.9 Å². The fourth-order valence-electron chi connectivity index (χ4n) is 3.39. The average molecular weight is 401 g/mol. The summed E-state index contributed by atoms with van der Waals surface area (Å²) in [6.45, 7) is 8.39. The van der Waals surface area contributed by atoms with E-state index < -0.39 is 10.0 Å². The molecule has 0 fully saturated rings. The highest BCUT2D eigenvalue weighted by Gasteiger charge is 2.29. The van der Waals surface area contributed by atoms with Gasteiger partial charge in [0.05, 0.1) is 10.6 Å². The number of carbonyl (C=O) groups is 1. The molecule has 0 radical (unpaired) electrons. The van der Waals surface area contributed by atoms with Crippen molar-refractivity contribution in [1.82, 2.24) is 0 Å². The van der Waals surface area contributed by atoms with Crippen molar-refractivity contribution in [2.24, 2.45) is 5.41 Å². The lowest BCUT2D eigenvalue weighted by Crippen LogP contribution is -2.35. The Morgan fingerprint density at radius 3 is 2.43 bits per heavy atom. The van der Waals surface area contributed by atoms with Gasteiger partial charge in [0.1, 0.15) is 0 Å². The van der Waals surface area contributed by atoms with Crippen LogP contribution >= 0.6 is 0 Å². The highest BCUT2D eigenvalue weighted by atomic mass is 32.2. The van der Waals surface area contributed by atoms with E-state index in [9.17, 15) is 13.2 Å². The predicted octanol–water partition coefficient (Wildman–Crippen LogP) is 4.51. The number of rotatable bonds is 4. The molecule has 150 valence electrons. The Balaban J connectivity index is 1.92. The summed E-state index contributed by atoms with van der Waals surface area (Å²) in [4.78, 5) is 12.6. The van der Waals surface area contributed by atoms with Gasteiger partial charge in [-0.3, -0.25) is 9.10 Å². The third-order valence-corrected chi connectivity index (χ3v) is 6.57. The van der Waals surface area contributed by atoms with Crippen LogP contribution in [0.2, 0.25) is 0 Å². The van der Waals surface area contributed by atoms with E-state index in [0.29, 0.717) is 24.3 Å². The van der Waals surface area contributed by atoms with Gasteiger partial charge >= 0.3 is 0 Å². The summed E-state index contributed by atoms with van der Waals surface area (Å²) in [5, 5.41) is 2.91. The zero-order valence-electron chi connectivity index (χ0n) is 17.0. The molecule has 1 N–H and O–H groups in total. The molecule has 1 heterocycles. The van der Waals surface area contributed by atoms with Crippen molar-refractivity contribution in [1.29, 1.82) is 0 Å². The summed E-state index contributed by atoms with van der Waals surface area (Å²) in [5.41, 5.74) is 3.16. The maximum absolute atomic E-state index is 13.2. The summed E-state index contributed by atoms with van der Waals surface area (Å²) in [7, 11) is -3.65. The van der Waals surface area contributed by atoms with Crippen LogP contribution in [0.1, 0.15) is 44.7 Å². The average Bonchev–Trinajstić information content (AvgIpc) is 2.59. The number of anilines is 2. The van der Waals surface area contributed by atoms with Gasteiger partial charge < -0.3 is 5.32 Å². The number of carbonyl (C=O) groups excluding carboxylic acids is 1. The number of fused-ring (bicyclic) bond motifs is 1. The molecule has 0 aromatic heterocycles. The lowest BCUT2D eigenvalue weighted by Gasteiger charge is -2.31. The Labute approximate surface area is 167 Å². The molecule has 6 heteroatoms. The largest absolute Gasteiger partial charge is 0.326 e. The van der Waals surface area contributed by atoms with E-state index in [2.05, 4.69) is 5.32 Å². The number of hydrogen-bond donors (Lipinski definition) is 1. The summed E-state index contributed by atoms with van der Waals surface area (Å²) in [5.74, 6) is -0.0730. The van der Waals surface area contributed by atoms with Crippen LogP contribution in [0.15, 0.2) is 47.4 Å². The lowest BCUT2D eigenvalue weighted by atomic mass is 9.92. The molecule has 0 saturated heterocycles. The minimum absolute atomic E-state index is 0.0730. The third kappa shape index (κ3) is 4.55. The van der Waals surface area contributed by atoms with Crippen LogP contribution in [0.25, 0.3) is 0 Å². The first-order valence-corrected chi connectivity index (χ1v) is 11.0. The molecule has 0 spiro atoms. The number of hydrogen-bond acceptors (Lipinski definition) is 3. The van der Waals surface area contributed by atoms with E-state index in [1.807, 2.05) is 39.8 Å². The zero-order valence-corrected chi connectivity index (χ0v) is 17.8. The van der Waals surface area contributed by atoms with Crippen molar-refractivity contribution in [2.75, 3.05) is 16.2 Å². The van der Waals surface area contributed by atoms with Crippen molar-refractivity contribution in [3.63, 3.8) is 0 Å². The van der Waals surface area contributed by atoms with Gasteiger partial charge in [0.2, 0.25) is 5.91 Å². The molecule has 2 aromatic rings. The van der Waals surface area contributed by atoms with Gasteiger partial charge in [0.25, 0.3) is 10.0 Å². The van der Waals surface area contributed by atoms with E-state index in [4.69, 9.17) is 0 Å². The first-order valence-electron chi connectivity index (χ1n) is 9.58. The van der Waals surface area contributed by atoms with Crippen molar-refractivity contribution in [2.45, 2.75) is 51.9 Å². The predicted molar refractivity (Wildman–Crippen MR) is 113 cm³/mol. The molecular weight excluding hydrogens is 372 g/mol. The molecule has 1 aliphatic heterocycles. The van der Waals surface area contributed by atoms with Crippen LogP contribution in [0, 0.1) is 12.3 Å². The number of nitrogens with one attached hydrogen (secondary N) is 1. The molecule has 3 rings (SSSR count). The Hall–Kier alpha value is -2.34. The molecule has 0 aliphatic carbocycles. The van der Waals surface area contributed by atoms with Gasteiger partial charge in [-0.2, -0.15) is 0 Å². The fraction of sp³-hybridized carbons (Fsp3) is 0.409. The highest BCUT2D eigenvalue weighted by Crippen LogP contribution is 2.34. The van der Waals surface area contributed by atoms with E-state index in [0.717, 1.165) is 24.0 Å². The maximum atomic E-state index is 13.2.